The van der Waals surface area contributed by atoms with Crippen molar-refractivity contribution in [1.82, 2.24) is 5.32 Å². The number of hydrogen-bond acceptors (Lipinski definition) is 2. The van der Waals surface area contributed by atoms with Crippen molar-refractivity contribution in [3.63, 3.8) is 0 Å². The van der Waals surface area contributed by atoms with Crippen LogP contribution in [0.15, 0.2) is 18.2 Å². The molecule has 110 valence electrons. The van der Waals surface area contributed by atoms with Crippen LogP contribution in [0.4, 0.5) is 10.1 Å². The monoisotopic (exact) mass is 276 g/mol. The van der Waals surface area contributed by atoms with Crippen LogP contribution in [0.1, 0.15) is 38.7 Å². The van der Waals surface area contributed by atoms with Crippen molar-refractivity contribution in [2.45, 2.75) is 45.7 Å². The van der Waals surface area contributed by atoms with Crippen molar-refractivity contribution < 1.29 is 4.39 Å². The number of fused-ring (bicyclic) bond motifs is 2. The van der Waals surface area contributed by atoms with E-state index in [1.807, 2.05) is 6.07 Å². The molecule has 1 aliphatic carbocycles. The minimum absolute atomic E-state index is 0.0543. The van der Waals surface area contributed by atoms with Gasteiger partial charge in [-0.25, -0.2) is 4.39 Å². The normalized spacial score (nSPS) is 24.9. The average molecular weight is 276 g/mol. The smallest absolute Gasteiger partial charge is 0.146 e. The van der Waals surface area contributed by atoms with Crippen molar-refractivity contribution in [2.24, 2.45) is 11.8 Å². The lowest BCUT2D eigenvalue weighted by Gasteiger charge is -2.31. The number of rotatable bonds is 5. The Kier molecular flexibility index (Phi) is 3.97. The van der Waals surface area contributed by atoms with E-state index in [4.69, 9.17) is 0 Å². The van der Waals surface area contributed by atoms with Crippen molar-refractivity contribution in [1.29, 1.82) is 0 Å². The van der Waals surface area contributed by atoms with Gasteiger partial charge < -0.3 is 10.2 Å². The van der Waals surface area contributed by atoms with Crippen LogP contribution in [0.25, 0.3) is 0 Å². The summed E-state index contributed by atoms with van der Waals surface area (Å²) < 4.78 is 14.3. The zero-order valence-electron chi connectivity index (χ0n) is 12.5. The topological polar surface area (TPSA) is 15.3 Å². The quantitative estimate of drug-likeness (QED) is 0.884. The van der Waals surface area contributed by atoms with Crippen LogP contribution in [-0.2, 0) is 6.54 Å². The Balaban J connectivity index is 1.78. The highest BCUT2D eigenvalue weighted by molar-refractivity contribution is 5.57. The molecule has 1 N–H and O–H groups in total. The Morgan fingerprint density at radius 2 is 2.20 bits per heavy atom. The highest BCUT2D eigenvalue weighted by Gasteiger charge is 2.39. The zero-order chi connectivity index (χ0) is 14.1. The molecule has 3 heteroatoms. The van der Waals surface area contributed by atoms with Gasteiger partial charge in [-0.05, 0) is 49.3 Å². The van der Waals surface area contributed by atoms with Gasteiger partial charge in [0, 0.05) is 19.1 Å². The van der Waals surface area contributed by atoms with Crippen LogP contribution in [0.5, 0.6) is 0 Å². The summed E-state index contributed by atoms with van der Waals surface area (Å²) >= 11 is 0. The molecule has 2 nitrogen and oxygen atoms in total. The molecule has 2 bridgehead atoms. The highest BCUT2D eigenvalue weighted by atomic mass is 19.1. The third-order valence-corrected chi connectivity index (χ3v) is 4.63. The molecule has 2 fully saturated rings. The predicted octanol–water partition coefficient (Wildman–Crippen LogP) is 3.56. The molecule has 2 aliphatic rings. The van der Waals surface area contributed by atoms with E-state index in [1.54, 1.807) is 6.07 Å². The molecule has 1 saturated heterocycles. The van der Waals surface area contributed by atoms with E-state index in [-0.39, 0.29) is 5.82 Å². The maximum Gasteiger partial charge on any atom is 0.146 e. The second-order valence-corrected chi connectivity index (χ2v) is 6.76. The molecular weight excluding hydrogens is 251 g/mol. The summed E-state index contributed by atoms with van der Waals surface area (Å²) in [7, 11) is 0. The van der Waals surface area contributed by atoms with E-state index < -0.39 is 0 Å². The van der Waals surface area contributed by atoms with E-state index in [1.165, 1.54) is 19.3 Å². The van der Waals surface area contributed by atoms with Crippen LogP contribution < -0.4 is 10.2 Å². The lowest BCUT2D eigenvalue weighted by atomic mass is 10.1. The van der Waals surface area contributed by atoms with Gasteiger partial charge in [0.1, 0.15) is 5.82 Å². The number of hydrogen-bond donors (Lipinski definition) is 1. The zero-order valence-corrected chi connectivity index (χ0v) is 12.5. The van der Waals surface area contributed by atoms with E-state index in [9.17, 15) is 4.39 Å². The van der Waals surface area contributed by atoms with Gasteiger partial charge in [0.05, 0.1) is 5.69 Å². The Morgan fingerprint density at radius 1 is 1.35 bits per heavy atom. The van der Waals surface area contributed by atoms with Crippen molar-refractivity contribution in [3.8, 4) is 0 Å². The number of anilines is 1. The first kappa shape index (κ1) is 13.9. The molecule has 2 unspecified atom stereocenters. The molecule has 0 amide bonds. The fourth-order valence-electron chi connectivity index (χ4n) is 3.72. The van der Waals surface area contributed by atoms with Gasteiger partial charge in [0.15, 0.2) is 0 Å². The number of halogens is 1. The first-order valence-electron chi connectivity index (χ1n) is 7.90. The van der Waals surface area contributed by atoms with Crippen LogP contribution in [0.2, 0.25) is 0 Å². The first-order valence-corrected chi connectivity index (χ1v) is 7.90. The van der Waals surface area contributed by atoms with Crippen LogP contribution in [0, 0.1) is 17.7 Å². The minimum Gasteiger partial charge on any atom is -0.366 e. The number of nitrogens with zero attached hydrogens (tertiary/aromatic N) is 1. The maximum atomic E-state index is 14.3. The van der Waals surface area contributed by atoms with Gasteiger partial charge in [-0.3, -0.25) is 0 Å². The SMILES string of the molecule is CC(C)CNCc1cccc(F)c1N1CC2CCC1C2. The van der Waals surface area contributed by atoms with Gasteiger partial charge >= 0.3 is 0 Å². The van der Waals surface area contributed by atoms with Crippen molar-refractivity contribution in [2.75, 3.05) is 18.0 Å². The predicted molar refractivity (Wildman–Crippen MR) is 81.4 cm³/mol. The lowest BCUT2D eigenvalue weighted by Crippen LogP contribution is -2.34. The van der Waals surface area contributed by atoms with Gasteiger partial charge in [-0.15, -0.1) is 0 Å². The van der Waals surface area contributed by atoms with Gasteiger partial charge in [0.2, 0.25) is 0 Å². The lowest BCUT2D eigenvalue weighted by molar-refractivity contribution is 0.530. The highest BCUT2D eigenvalue weighted by Crippen LogP contribution is 2.42. The first-order chi connectivity index (χ1) is 9.65. The molecule has 1 aliphatic heterocycles. The minimum atomic E-state index is -0.0543. The Morgan fingerprint density at radius 3 is 2.85 bits per heavy atom. The van der Waals surface area contributed by atoms with Crippen molar-refractivity contribution >= 4 is 5.69 Å². The largest absolute Gasteiger partial charge is 0.366 e. The molecule has 3 rings (SSSR count). The Labute approximate surface area is 121 Å². The van der Waals surface area contributed by atoms with Gasteiger partial charge in [-0.2, -0.15) is 0 Å². The average Bonchev–Trinajstić information content (AvgIpc) is 3.00. The molecule has 1 heterocycles. The molecule has 1 aromatic carbocycles. The Hall–Kier alpha value is -1.09. The summed E-state index contributed by atoms with van der Waals surface area (Å²) in [5, 5.41) is 3.44. The number of benzene rings is 1. The second kappa shape index (κ2) is 5.72. The molecule has 0 radical (unpaired) electrons. The summed E-state index contributed by atoms with van der Waals surface area (Å²) in [4.78, 5) is 2.33. The van der Waals surface area contributed by atoms with Crippen LogP contribution in [-0.4, -0.2) is 19.1 Å². The number of para-hydroxylation sites is 1. The van der Waals surface area contributed by atoms with E-state index >= 15 is 0 Å². The molecule has 0 spiro atoms. The van der Waals surface area contributed by atoms with Crippen LogP contribution >= 0.6 is 0 Å². The van der Waals surface area contributed by atoms with Gasteiger partial charge in [-0.1, -0.05) is 26.0 Å². The third-order valence-electron chi connectivity index (χ3n) is 4.63. The standard InChI is InChI=1S/C17H25FN2/c1-12(2)9-19-10-14-4-3-5-16(18)17(14)20-11-13-6-7-15(20)8-13/h3-5,12-13,15,19H,6-11H2,1-2H3. The molecule has 2 atom stereocenters. The summed E-state index contributed by atoms with van der Waals surface area (Å²) in [6.45, 7) is 7.17. The van der Waals surface area contributed by atoms with Gasteiger partial charge in [0.25, 0.3) is 0 Å². The van der Waals surface area contributed by atoms with E-state index in [0.29, 0.717) is 12.0 Å². The third kappa shape index (κ3) is 2.69. The molecule has 1 aromatic rings. The van der Waals surface area contributed by atoms with Crippen molar-refractivity contribution in [3.05, 3.63) is 29.6 Å². The fraction of sp³-hybridized carbons (Fsp3) is 0.647. The molecule has 0 aromatic heterocycles. The van der Waals surface area contributed by atoms with E-state index in [0.717, 1.165) is 36.8 Å². The fourth-order valence-corrected chi connectivity index (χ4v) is 3.72. The summed E-state index contributed by atoms with van der Waals surface area (Å²) in [5.41, 5.74) is 1.97. The summed E-state index contributed by atoms with van der Waals surface area (Å²) in [5.74, 6) is 1.35. The maximum absolute atomic E-state index is 14.3. The summed E-state index contributed by atoms with van der Waals surface area (Å²) in [6.07, 6.45) is 3.82. The van der Waals surface area contributed by atoms with E-state index in [2.05, 4.69) is 30.1 Å². The molecular formula is C17H25FN2. The second-order valence-electron chi connectivity index (χ2n) is 6.76. The Bertz CT molecular complexity index is 472. The van der Waals surface area contributed by atoms with Crippen LogP contribution in [0.3, 0.4) is 0 Å². The molecule has 1 saturated carbocycles. The number of nitrogens with one attached hydrogen (secondary N) is 1. The number of piperidine rings is 1. The summed E-state index contributed by atoms with van der Waals surface area (Å²) in [6, 6.07) is 6.07. The molecule has 20 heavy (non-hydrogen) atoms.